The average molecular weight is 265 g/mol. The molecule has 1 heterocycles. The summed E-state index contributed by atoms with van der Waals surface area (Å²) in [4.78, 5) is 17.1. The Kier molecular flexibility index (Phi) is 4.16. The number of hydrazine groups is 1. The molecule has 1 aliphatic rings. The van der Waals surface area contributed by atoms with Crippen LogP contribution in [0.15, 0.2) is 12.1 Å². The SMILES string of the molecule is CCN(c1nc(NN)ccc1[N+](=O)[O-])C1CCCC1. The van der Waals surface area contributed by atoms with Gasteiger partial charge in [0.15, 0.2) is 0 Å². The Hall–Kier alpha value is -1.89. The second kappa shape index (κ2) is 5.83. The standard InChI is InChI=1S/C12H19N5O2/c1-2-16(9-5-3-4-6-9)12-10(17(18)19)7-8-11(14-12)15-13/h7-9H,2-6,13H2,1H3,(H,14,15). The van der Waals surface area contributed by atoms with E-state index >= 15 is 0 Å². The van der Waals surface area contributed by atoms with Crippen molar-refractivity contribution >= 4 is 17.3 Å². The fourth-order valence-corrected chi connectivity index (χ4v) is 2.67. The Labute approximate surface area is 111 Å². The van der Waals surface area contributed by atoms with Crippen LogP contribution in [0, 0.1) is 10.1 Å². The summed E-state index contributed by atoms with van der Waals surface area (Å²) in [6.45, 7) is 2.69. The molecular formula is C12H19N5O2. The van der Waals surface area contributed by atoms with Crippen molar-refractivity contribution in [3.8, 4) is 0 Å². The average Bonchev–Trinajstić information content (AvgIpc) is 2.93. The van der Waals surface area contributed by atoms with E-state index in [9.17, 15) is 10.1 Å². The molecule has 0 aromatic carbocycles. The van der Waals surface area contributed by atoms with Crippen LogP contribution >= 0.6 is 0 Å². The Balaban J connectivity index is 2.40. The third-order valence-corrected chi connectivity index (χ3v) is 3.58. The number of anilines is 2. The Morgan fingerprint density at radius 1 is 1.53 bits per heavy atom. The van der Waals surface area contributed by atoms with Crippen LogP contribution in [0.1, 0.15) is 32.6 Å². The Morgan fingerprint density at radius 3 is 2.74 bits per heavy atom. The maximum atomic E-state index is 11.1. The van der Waals surface area contributed by atoms with E-state index < -0.39 is 0 Å². The first-order valence-electron chi connectivity index (χ1n) is 6.56. The van der Waals surface area contributed by atoms with Crippen molar-refractivity contribution in [1.82, 2.24) is 4.98 Å². The van der Waals surface area contributed by atoms with Crippen molar-refractivity contribution in [2.24, 2.45) is 5.84 Å². The lowest BCUT2D eigenvalue weighted by molar-refractivity contribution is -0.384. The third kappa shape index (κ3) is 2.76. The molecule has 1 saturated carbocycles. The van der Waals surface area contributed by atoms with Gasteiger partial charge in [-0.1, -0.05) is 12.8 Å². The van der Waals surface area contributed by atoms with Crippen LogP contribution in [0.2, 0.25) is 0 Å². The quantitative estimate of drug-likeness (QED) is 0.480. The third-order valence-electron chi connectivity index (χ3n) is 3.58. The summed E-state index contributed by atoms with van der Waals surface area (Å²) in [7, 11) is 0. The highest BCUT2D eigenvalue weighted by Crippen LogP contribution is 2.33. The zero-order valence-electron chi connectivity index (χ0n) is 11.0. The fourth-order valence-electron chi connectivity index (χ4n) is 2.67. The van der Waals surface area contributed by atoms with E-state index in [4.69, 9.17) is 5.84 Å². The van der Waals surface area contributed by atoms with Gasteiger partial charge in [0.25, 0.3) is 0 Å². The number of hydrogen-bond donors (Lipinski definition) is 2. The highest BCUT2D eigenvalue weighted by Gasteiger charge is 2.28. The molecule has 0 unspecified atom stereocenters. The minimum absolute atomic E-state index is 0.0350. The molecule has 1 aromatic rings. The van der Waals surface area contributed by atoms with Crippen LogP contribution in [0.3, 0.4) is 0 Å². The van der Waals surface area contributed by atoms with Crippen molar-refractivity contribution in [3.63, 3.8) is 0 Å². The highest BCUT2D eigenvalue weighted by molar-refractivity contribution is 5.62. The van der Waals surface area contributed by atoms with Gasteiger partial charge >= 0.3 is 5.69 Å². The monoisotopic (exact) mass is 265 g/mol. The van der Waals surface area contributed by atoms with Crippen LogP contribution in [-0.4, -0.2) is 22.5 Å². The normalized spacial score (nSPS) is 15.5. The largest absolute Gasteiger partial charge is 0.348 e. The summed E-state index contributed by atoms with van der Waals surface area (Å²) < 4.78 is 0. The molecule has 1 aromatic heterocycles. The van der Waals surface area contributed by atoms with Gasteiger partial charge in [0, 0.05) is 18.7 Å². The molecule has 0 bridgehead atoms. The lowest BCUT2D eigenvalue weighted by atomic mass is 10.2. The molecule has 19 heavy (non-hydrogen) atoms. The molecule has 104 valence electrons. The summed E-state index contributed by atoms with van der Waals surface area (Å²) in [5.41, 5.74) is 2.48. The maximum Gasteiger partial charge on any atom is 0.311 e. The zero-order chi connectivity index (χ0) is 13.8. The van der Waals surface area contributed by atoms with Gasteiger partial charge in [-0.05, 0) is 25.8 Å². The number of nitro groups is 1. The minimum atomic E-state index is -0.389. The van der Waals surface area contributed by atoms with E-state index in [0.29, 0.717) is 24.2 Å². The molecule has 0 atom stereocenters. The molecule has 0 aliphatic heterocycles. The Bertz CT molecular complexity index is 459. The summed E-state index contributed by atoms with van der Waals surface area (Å²) in [5, 5.41) is 11.1. The molecule has 1 fully saturated rings. The van der Waals surface area contributed by atoms with Gasteiger partial charge in [-0.3, -0.25) is 10.1 Å². The van der Waals surface area contributed by atoms with Crippen LogP contribution in [0.4, 0.5) is 17.3 Å². The first-order chi connectivity index (χ1) is 9.17. The van der Waals surface area contributed by atoms with Crippen LogP contribution in [-0.2, 0) is 0 Å². The van der Waals surface area contributed by atoms with E-state index in [1.807, 2.05) is 11.8 Å². The smallest absolute Gasteiger partial charge is 0.311 e. The van der Waals surface area contributed by atoms with Crippen molar-refractivity contribution < 1.29 is 4.92 Å². The molecule has 3 N–H and O–H groups in total. The number of nitrogens with zero attached hydrogens (tertiary/aromatic N) is 3. The van der Waals surface area contributed by atoms with Gasteiger partial charge in [-0.25, -0.2) is 10.8 Å². The number of rotatable bonds is 5. The topological polar surface area (TPSA) is 97.3 Å². The van der Waals surface area contributed by atoms with E-state index in [2.05, 4.69) is 10.4 Å². The number of nitrogens with two attached hydrogens (primary N) is 1. The van der Waals surface area contributed by atoms with Crippen LogP contribution < -0.4 is 16.2 Å². The van der Waals surface area contributed by atoms with Gasteiger partial charge in [-0.2, -0.15) is 0 Å². The highest BCUT2D eigenvalue weighted by atomic mass is 16.6. The van der Waals surface area contributed by atoms with Crippen molar-refractivity contribution in [2.45, 2.75) is 38.6 Å². The number of nitrogens with one attached hydrogen (secondary N) is 1. The molecule has 0 radical (unpaired) electrons. The molecule has 0 spiro atoms. The van der Waals surface area contributed by atoms with Crippen LogP contribution in [0.25, 0.3) is 0 Å². The van der Waals surface area contributed by atoms with Crippen molar-refractivity contribution in [1.29, 1.82) is 0 Å². The van der Waals surface area contributed by atoms with Gasteiger partial charge in [0.05, 0.1) is 4.92 Å². The van der Waals surface area contributed by atoms with Crippen LogP contribution in [0.5, 0.6) is 0 Å². The van der Waals surface area contributed by atoms with Gasteiger partial charge in [0.1, 0.15) is 5.82 Å². The predicted molar refractivity (Wildman–Crippen MR) is 74.0 cm³/mol. The number of hydrogen-bond acceptors (Lipinski definition) is 6. The molecule has 0 amide bonds. The first kappa shape index (κ1) is 13.5. The minimum Gasteiger partial charge on any atom is -0.348 e. The number of pyridine rings is 1. The maximum absolute atomic E-state index is 11.1. The van der Waals surface area contributed by atoms with Gasteiger partial charge < -0.3 is 10.3 Å². The molecule has 7 heteroatoms. The van der Waals surface area contributed by atoms with Crippen molar-refractivity contribution in [3.05, 3.63) is 22.2 Å². The summed E-state index contributed by atoms with van der Waals surface area (Å²) in [5.74, 6) is 6.19. The van der Waals surface area contributed by atoms with E-state index in [1.165, 1.54) is 25.0 Å². The summed E-state index contributed by atoms with van der Waals surface area (Å²) >= 11 is 0. The predicted octanol–water partition coefficient (Wildman–Crippen LogP) is 2.04. The fraction of sp³-hybridized carbons (Fsp3) is 0.583. The van der Waals surface area contributed by atoms with Crippen molar-refractivity contribution in [2.75, 3.05) is 16.9 Å². The zero-order valence-corrected chi connectivity index (χ0v) is 11.0. The Morgan fingerprint density at radius 2 is 2.21 bits per heavy atom. The van der Waals surface area contributed by atoms with E-state index in [1.54, 1.807) is 0 Å². The lowest BCUT2D eigenvalue weighted by Gasteiger charge is -2.28. The summed E-state index contributed by atoms with van der Waals surface area (Å²) in [6, 6.07) is 3.31. The molecular weight excluding hydrogens is 246 g/mol. The number of nitrogen functional groups attached to an aromatic ring is 1. The number of aromatic nitrogens is 1. The molecule has 1 aliphatic carbocycles. The first-order valence-corrected chi connectivity index (χ1v) is 6.56. The van der Waals surface area contributed by atoms with Gasteiger partial charge in [0.2, 0.25) is 5.82 Å². The second-order valence-electron chi connectivity index (χ2n) is 4.66. The molecule has 0 saturated heterocycles. The molecule has 2 rings (SSSR count). The lowest BCUT2D eigenvalue weighted by Crippen LogP contribution is -2.34. The van der Waals surface area contributed by atoms with Gasteiger partial charge in [-0.15, -0.1) is 0 Å². The summed E-state index contributed by atoms with van der Waals surface area (Å²) in [6.07, 6.45) is 4.47. The molecule has 7 nitrogen and oxygen atoms in total. The van der Waals surface area contributed by atoms with E-state index in [0.717, 1.165) is 12.8 Å². The van der Waals surface area contributed by atoms with E-state index in [-0.39, 0.29) is 10.6 Å². The second-order valence-corrected chi connectivity index (χ2v) is 4.66.